The van der Waals surface area contributed by atoms with Gasteiger partial charge in [-0.3, -0.25) is 14.8 Å². The number of hydrogen-bond donors (Lipinski definition) is 2. The first-order valence-electron chi connectivity index (χ1n) is 4.42. The molecule has 0 aliphatic carbocycles. The fourth-order valence-electron chi connectivity index (χ4n) is 1.14. The zero-order valence-corrected chi connectivity index (χ0v) is 9.01. The second-order valence-corrected chi connectivity index (χ2v) is 3.82. The average Bonchev–Trinajstić information content (AvgIpc) is 2.62. The number of aromatic nitrogens is 3. The van der Waals surface area contributed by atoms with Crippen molar-refractivity contribution in [3.63, 3.8) is 0 Å². The maximum absolute atomic E-state index is 11.3. The van der Waals surface area contributed by atoms with Gasteiger partial charge in [0.25, 0.3) is 5.56 Å². The van der Waals surface area contributed by atoms with Gasteiger partial charge < -0.3 is 4.74 Å². The Morgan fingerprint density at radius 2 is 2.19 bits per heavy atom. The van der Waals surface area contributed by atoms with Crippen LogP contribution in [-0.2, 0) is 4.74 Å². The molecule has 0 saturated carbocycles. The van der Waals surface area contributed by atoms with Gasteiger partial charge in [-0.15, -0.1) is 0 Å². The van der Waals surface area contributed by atoms with Crippen LogP contribution < -0.4 is 11.2 Å². The van der Waals surface area contributed by atoms with E-state index >= 15 is 0 Å². The molecule has 0 atom stereocenters. The summed E-state index contributed by atoms with van der Waals surface area (Å²) in [5.41, 5.74) is -1.12. The van der Waals surface area contributed by atoms with E-state index in [0.717, 1.165) is 11.3 Å². The molecule has 0 bridgehead atoms. The minimum Gasteiger partial charge on any atom is -0.461 e. The van der Waals surface area contributed by atoms with E-state index in [1.54, 1.807) is 6.92 Å². The van der Waals surface area contributed by atoms with E-state index in [4.69, 9.17) is 4.74 Å². The van der Waals surface area contributed by atoms with Gasteiger partial charge >= 0.3 is 11.7 Å². The minimum absolute atomic E-state index is 0.0456. The largest absolute Gasteiger partial charge is 0.461 e. The molecule has 0 aliphatic heterocycles. The lowest BCUT2D eigenvalue weighted by Gasteiger charge is -1.94. The highest BCUT2D eigenvalue weighted by atomic mass is 32.1. The standard InChI is InChI=1S/C8H7N3O4S/c1-2-15-7(13)6-9-4-3(16-6)5(12)11-8(14)10-4/h2H2,1H3,(H2,10,11,12,14). The number of carbonyl (C=O) groups excluding carboxylic acids is 1. The van der Waals surface area contributed by atoms with Gasteiger partial charge in [0.05, 0.1) is 6.61 Å². The lowest BCUT2D eigenvalue weighted by atomic mass is 10.6. The predicted molar refractivity (Wildman–Crippen MR) is 56.8 cm³/mol. The van der Waals surface area contributed by atoms with E-state index < -0.39 is 17.2 Å². The van der Waals surface area contributed by atoms with E-state index in [0.29, 0.717) is 0 Å². The van der Waals surface area contributed by atoms with Crippen LogP contribution in [0.2, 0.25) is 0 Å². The van der Waals surface area contributed by atoms with Crippen LogP contribution in [0.1, 0.15) is 16.7 Å². The number of fused-ring (bicyclic) bond motifs is 1. The number of ether oxygens (including phenoxy) is 1. The van der Waals surface area contributed by atoms with Crippen LogP contribution in [0.4, 0.5) is 0 Å². The topological polar surface area (TPSA) is 105 Å². The number of hydrogen-bond acceptors (Lipinski definition) is 6. The zero-order chi connectivity index (χ0) is 11.7. The number of rotatable bonds is 2. The number of aromatic amines is 2. The van der Waals surface area contributed by atoms with Gasteiger partial charge in [-0.05, 0) is 6.92 Å². The van der Waals surface area contributed by atoms with Crippen molar-refractivity contribution >= 4 is 27.7 Å². The second-order valence-electron chi connectivity index (χ2n) is 2.83. The average molecular weight is 241 g/mol. The Hall–Kier alpha value is -1.96. The van der Waals surface area contributed by atoms with Crippen LogP contribution in [0.15, 0.2) is 9.59 Å². The lowest BCUT2D eigenvalue weighted by Crippen LogP contribution is -2.20. The monoisotopic (exact) mass is 241 g/mol. The fourth-order valence-corrected chi connectivity index (χ4v) is 1.95. The van der Waals surface area contributed by atoms with Crippen molar-refractivity contribution in [2.45, 2.75) is 6.92 Å². The summed E-state index contributed by atoms with van der Waals surface area (Å²) in [7, 11) is 0. The zero-order valence-electron chi connectivity index (χ0n) is 8.20. The maximum atomic E-state index is 11.3. The third-order valence-corrected chi connectivity index (χ3v) is 2.78. The fraction of sp³-hybridized carbons (Fsp3) is 0.250. The summed E-state index contributed by atoms with van der Waals surface area (Å²) in [5.74, 6) is -0.607. The molecule has 2 aromatic heterocycles. The van der Waals surface area contributed by atoms with Crippen molar-refractivity contribution in [1.82, 2.24) is 15.0 Å². The van der Waals surface area contributed by atoms with Crippen LogP contribution in [0, 0.1) is 0 Å². The highest BCUT2D eigenvalue weighted by molar-refractivity contribution is 7.20. The predicted octanol–water partition coefficient (Wildman–Crippen LogP) is -0.150. The summed E-state index contributed by atoms with van der Waals surface area (Å²) in [4.78, 5) is 41.8. The van der Waals surface area contributed by atoms with E-state index in [9.17, 15) is 14.4 Å². The molecule has 0 amide bonds. The first-order valence-corrected chi connectivity index (χ1v) is 5.23. The van der Waals surface area contributed by atoms with Crippen LogP contribution in [0.25, 0.3) is 10.3 Å². The molecule has 2 heterocycles. The quantitative estimate of drug-likeness (QED) is 0.711. The maximum Gasteiger partial charge on any atom is 0.367 e. The molecule has 84 valence electrons. The van der Waals surface area contributed by atoms with Crippen molar-refractivity contribution < 1.29 is 9.53 Å². The van der Waals surface area contributed by atoms with Gasteiger partial charge in [-0.2, -0.15) is 0 Å². The second kappa shape index (κ2) is 3.89. The molecule has 2 N–H and O–H groups in total. The number of H-pyrrole nitrogens is 2. The van der Waals surface area contributed by atoms with Crippen LogP contribution >= 0.6 is 11.3 Å². The number of nitrogens with one attached hydrogen (secondary N) is 2. The Labute approximate surface area is 92.1 Å². The first-order chi connectivity index (χ1) is 7.61. The molecular weight excluding hydrogens is 234 g/mol. The Bertz CT molecular complexity index is 653. The molecule has 0 spiro atoms. The summed E-state index contributed by atoms with van der Waals surface area (Å²) >= 11 is 0.881. The summed E-state index contributed by atoms with van der Waals surface area (Å²) < 4.78 is 4.93. The van der Waals surface area contributed by atoms with Gasteiger partial charge in [0.1, 0.15) is 4.70 Å². The first kappa shape index (κ1) is 10.6. The minimum atomic E-state index is -0.654. The Morgan fingerprint density at radius 3 is 2.88 bits per heavy atom. The van der Waals surface area contributed by atoms with Crippen molar-refractivity contribution in [1.29, 1.82) is 0 Å². The van der Waals surface area contributed by atoms with Gasteiger partial charge in [0.2, 0.25) is 5.01 Å². The SMILES string of the molecule is CCOC(=O)c1nc2[nH]c(=O)[nH]c(=O)c2s1. The van der Waals surface area contributed by atoms with Gasteiger partial charge in [-0.1, -0.05) is 11.3 Å². The van der Waals surface area contributed by atoms with Gasteiger partial charge in [0.15, 0.2) is 5.65 Å². The van der Waals surface area contributed by atoms with Crippen LogP contribution in [0.3, 0.4) is 0 Å². The van der Waals surface area contributed by atoms with Crippen molar-refractivity contribution in [2.75, 3.05) is 6.61 Å². The summed E-state index contributed by atoms with van der Waals surface area (Å²) in [6.45, 7) is 1.89. The van der Waals surface area contributed by atoms with E-state index in [2.05, 4.69) is 9.97 Å². The Balaban J connectivity index is 2.60. The van der Waals surface area contributed by atoms with Gasteiger partial charge in [0, 0.05) is 0 Å². The Kier molecular flexibility index (Phi) is 2.57. The molecule has 2 rings (SSSR count). The molecule has 0 aliphatic rings. The van der Waals surface area contributed by atoms with Gasteiger partial charge in [-0.25, -0.2) is 14.6 Å². The molecule has 16 heavy (non-hydrogen) atoms. The molecule has 0 fully saturated rings. The van der Waals surface area contributed by atoms with Crippen LogP contribution in [0.5, 0.6) is 0 Å². The van der Waals surface area contributed by atoms with Crippen molar-refractivity contribution in [3.8, 4) is 0 Å². The molecule has 0 aromatic carbocycles. The summed E-state index contributed by atoms with van der Waals surface area (Å²) in [6.07, 6.45) is 0. The van der Waals surface area contributed by atoms with Crippen LogP contribution in [-0.4, -0.2) is 27.5 Å². The smallest absolute Gasteiger partial charge is 0.367 e. The third kappa shape index (κ3) is 1.74. The molecule has 0 saturated heterocycles. The molecule has 2 aromatic rings. The number of thiazole rings is 1. The lowest BCUT2D eigenvalue weighted by molar-refractivity contribution is 0.0526. The number of carbonyl (C=O) groups is 1. The molecule has 8 heteroatoms. The summed E-state index contributed by atoms with van der Waals surface area (Å²) in [6, 6.07) is 0. The van der Waals surface area contributed by atoms with E-state index in [1.165, 1.54) is 0 Å². The Morgan fingerprint density at radius 1 is 1.44 bits per heavy atom. The van der Waals surface area contributed by atoms with Crippen molar-refractivity contribution in [3.05, 3.63) is 25.8 Å². The molecule has 0 unspecified atom stereocenters. The molecular formula is C8H7N3O4S. The van der Waals surface area contributed by atoms with E-state index in [1.807, 2.05) is 4.98 Å². The third-order valence-electron chi connectivity index (χ3n) is 1.74. The number of nitrogens with zero attached hydrogens (tertiary/aromatic N) is 1. The highest BCUT2D eigenvalue weighted by Crippen LogP contribution is 2.16. The number of esters is 1. The molecule has 7 nitrogen and oxygen atoms in total. The summed E-state index contributed by atoms with van der Waals surface area (Å²) in [5, 5.41) is 0.0456. The molecule has 0 radical (unpaired) electrons. The van der Waals surface area contributed by atoms with E-state index in [-0.39, 0.29) is 22.0 Å². The van der Waals surface area contributed by atoms with Crippen molar-refractivity contribution in [2.24, 2.45) is 0 Å². The highest BCUT2D eigenvalue weighted by Gasteiger charge is 2.15. The normalized spacial score (nSPS) is 10.6.